The Bertz CT molecular complexity index is 254. The van der Waals surface area contributed by atoms with Gasteiger partial charge in [-0.3, -0.25) is 4.79 Å². The average Bonchev–Trinajstić information content (AvgIpc) is 2.20. The van der Waals surface area contributed by atoms with Crippen molar-refractivity contribution in [3.63, 3.8) is 0 Å². The maximum absolute atomic E-state index is 12.5. The molecule has 0 bridgehead atoms. The fourth-order valence-electron chi connectivity index (χ4n) is 2.72. The molecule has 1 amide bonds. The van der Waals surface area contributed by atoms with E-state index in [1.807, 2.05) is 4.90 Å². The van der Waals surface area contributed by atoms with Gasteiger partial charge in [-0.1, -0.05) is 34.1 Å². The number of nitrogens with two attached hydrogens (primary N) is 1. The molecule has 0 heterocycles. The first-order chi connectivity index (χ1) is 8.38. The lowest BCUT2D eigenvalue weighted by Gasteiger charge is -2.42. The summed E-state index contributed by atoms with van der Waals surface area (Å²) in [5.74, 6) is 1.37. The van der Waals surface area contributed by atoms with Crippen molar-refractivity contribution in [3.05, 3.63) is 0 Å². The van der Waals surface area contributed by atoms with E-state index in [-0.39, 0.29) is 5.41 Å². The lowest BCUT2D eigenvalue weighted by atomic mass is 9.66. The van der Waals surface area contributed by atoms with Gasteiger partial charge in [0, 0.05) is 19.5 Å². The molecule has 106 valence electrons. The molecule has 1 aliphatic carbocycles. The van der Waals surface area contributed by atoms with E-state index in [0.29, 0.717) is 30.7 Å². The van der Waals surface area contributed by atoms with Gasteiger partial charge in [-0.25, -0.2) is 0 Å². The molecule has 3 heteroatoms. The molecule has 0 unspecified atom stereocenters. The standard InChI is InChI=1S/C15H30N2O/c1-12(2)9-17(10-13(3)4)14(18)8-15(11-16)6-5-7-15/h12-13H,5-11,16H2,1-4H3. The molecule has 0 aliphatic heterocycles. The van der Waals surface area contributed by atoms with Crippen LogP contribution in [0.15, 0.2) is 0 Å². The predicted molar refractivity (Wildman–Crippen MR) is 76.2 cm³/mol. The Morgan fingerprint density at radius 2 is 1.67 bits per heavy atom. The number of carbonyl (C=O) groups is 1. The predicted octanol–water partition coefficient (Wildman–Crippen LogP) is 2.65. The van der Waals surface area contributed by atoms with Crippen LogP contribution in [0.25, 0.3) is 0 Å². The highest BCUT2D eigenvalue weighted by molar-refractivity contribution is 5.77. The highest BCUT2D eigenvalue weighted by atomic mass is 16.2. The van der Waals surface area contributed by atoms with Gasteiger partial charge in [0.25, 0.3) is 0 Å². The molecule has 0 saturated heterocycles. The lowest BCUT2D eigenvalue weighted by molar-refractivity contribution is -0.136. The second-order valence-electron chi connectivity index (χ2n) is 6.82. The van der Waals surface area contributed by atoms with Gasteiger partial charge in [0.1, 0.15) is 0 Å². The largest absolute Gasteiger partial charge is 0.342 e. The number of amides is 1. The van der Waals surface area contributed by atoms with Gasteiger partial charge in [-0.05, 0) is 36.6 Å². The zero-order valence-corrected chi connectivity index (χ0v) is 12.5. The molecule has 1 rings (SSSR count). The van der Waals surface area contributed by atoms with Crippen molar-refractivity contribution in [1.29, 1.82) is 0 Å². The smallest absolute Gasteiger partial charge is 0.223 e. The quantitative estimate of drug-likeness (QED) is 0.759. The fourth-order valence-corrected chi connectivity index (χ4v) is 2.72. The van der Waals surface area contributed by atoms with Gasteiger partial charge in [0.2, 0.25) is 5.91 Å². The Morgan fingerprint density at radius 3 is 1.94 bits per heavy atom. The molecule has 2 N–H and O–H groups in total. The number of carbonyl (C=O) groups excluding carboxylic acids is 1. The molecular weight excluding hydrogens is 224 g/mol. The minimum atomic E-state index is 0.128. The topological polar surface area (TPSA) is 46.3 Å². The Hall–Kier alpha value is -0.570. The van der Waals surface area contributed by atoms with Crippen LogP contribution >= 0.6 is 0 Å². The molecule has 0 atom stereocenters. The zero-order chi connectivity index (χ0) is 13.8. The summed E-state index contributed by atoms with van der Waals surface area (Å²) in [6.07, 6.45) is 4.15. The minimum absolute atomic E-state index is 0.128. The number of hydrogen-bond donors (Lipinski definition) is 1. The molecule has 0 aromatic carbocycles. The van der Waals surface area contributed by atoms with Crippen molar-refractivity contribution < 1.29 is 4.79 Å². The third-order valence-corrected chi connectivity index (χ3v) is 3.90. The Balaban J connectivity index is 2.57. The first-order valence-corrected chi connectivity index (χ1v) is 7.36. The van der Waals surface area contributed by atoms with Crippen LogP contribution < -0.4 is 5.73 Å². The Kier molecular flexibility index (Phi) is 5.64. The summed E-state index contributed by atoms with van der Waals surface area (Å²) in [5, 5.41) is 0. The summed E-state index contributed by atoms with van der Waals surface area (Å²) in [6, 6.07) is 0. The molecule has 3 nitrogen and oxygen atoms in total. The van der Waals surface area contributed by atoms with Crippen molar-refractivity contribution in [3.8, 4) is 0 Å². The summed E-state index contributed by atoms with van der Waals surface area (Å²) < 4.78 is 0. The molecular formula is C15H30N2O. The van der Waals surface area contributed by atoms with Crippen LogP contribution in [0.4, 0.5) is 0 Å². The van der Waals surface area contributed by atoms with Crippen molar-refractivity contribution in [1.82, 2.24) is 4.90 Å². The van der Waals surface area contributed by atoms with Gasteiger partial charge in [0.05, 0.1) is 0 Å². The Morgan fingerprint density at radius 1 is 1.17 bits per heavy atom. The van der Waals surface area contributed by atoms with E-state index >= 15 is 0 Å². The number of rotatable bonds is 7. The zero-order valence-electron chi connectivity index (χ0n) is 12.5. The lowest BCUT2D eigenvalue weighted by Crippen LogP contribution is -2.45. The molecule has 1 saturated carbocycles. The van der Waals surface area contributed by atoms with Crippen molar-refractivity contribution in [2.75, 3.05) is 19.6 Å². The second-order valence-corrected chi connectivity index (χ2v) is 6.82. The summed E-state index contributed by atoms with van der Waals surface area (Å²) in [4.78, 5) is 14.5. The van der Waals surface area contributed by atoms with Crippen LogP contribution in [0.1, 0.15) is 53.4 Å². The van der Waals surface area contributed by atoms with Gasteiger partial charge in [-0.2, -0.15) is 0 Å². The van der Waals surface area contributed by atoms with Gasteiger partial charge in [0.15, 0.2) is 0 Å². The highest BCUT2D eigenvalue weighted by Gasteiger charge is 2.38. The molecule has 18 heavy (non-hydrogen) atoms. The van der Waals surface area contributed by atoms with E-state index < -0.39 is 0 Å². The molecule has 0 spiro atoms. The van der Waals surface area contributed by atoms with Gasteiger partial charge >= 0.3 is 0 Å². The normalized spacial score (nSPS) is 17.9. The average molecular weight is 254 g/mol. The second kappa shape index (κ2) is 6.55. The van der Waals surface area contributed by atoms with Crippen molar-refractivity contribution >= 4 is 5.91 Å². The highest BCUT2D eigenvalue weighted by Crippen LogP contribution is 2.43. The fraction of sp³-hybridized carbons (Fsp3) is 0.933. The van der Waals surface area contributed by atoms with Crippen molar-refractivity contribution in [2.24, 2.45) is 23.0 Å². The van der Waals surface area contributed by atoms with Crippen molar-refractivity contribution in [2.45, 2.75) is 53.4 Å². The molecule has 0 radical (unpaired) electrons. The molecule has 1 fully saturated rings. The summed E-state index contributed by atoms with van der Waals surface area (Å²) in [5.41, 5.74) is 5.98. The maximum Gasteiger partial charge on any atom is 0.223 e. The number of nitrogens with zero attached hydrogens (tertiary/aromatic N) is 1. The Labute approximate surface area is 112 Å². The molecule has 0 aromatic heterocycles. The van der Waals surface area contributed by atoms with Crippen LogP contribution in [0.5, 0.6) is 0 Å². The first kappa shape index (κ1) is 15.5. The van der Waals surface area contributed by atoms with Crippen LogP contribution in [-0.2, 0) is 4.79 Å². The van der Waals surface area contributed by atoms with E-state index in [0.717, 1.165) is 25.9 Å². The van der Waals surface area contributed by atoms with Crippen LogP contribution in [0.3, 0.4) is 0 Å². The first-order valence-electron chi connectivity index (χ1n) is 7.36. The van der Waals surface area contributed by atoms with Gasteiger partial charge < -0.3 is 10.6 Å². The summed E-state index contributed by atoms with van der Waals surface area (Å²) >= 11 is 0. The van der Waals surface area contributed by atoms with E-state index in [1.54, 1.807) is 0 Å². The van der Waals surface area contributed by atoms with E-state index in [1.165, 1.54) is 6.42 Å². The summed E-state index contributed by atoms with van der Waals surface area (Å²) in [6.45, 7) is 11.1. The monoisotopic (exact) mass is 254 g/mol. The number of hydrogen-bond acceptors (Lipinski definition) is 2. The van der Waals surface area contributed by atoms with E-state index in [4.69, 9.17) is 5.73 Å². The van der Waals surface area contributed by atoms with Crippen LogP contribution in [0, 0.1) is 17.3 Å². The maximum atomic E-state index is 12.5. The summed E-state index contributed by atoms with van der Waals surface area (Å²) in [7, 11) is 0. The van der Waals surface area contributed by atoms with Crippen LogP contribution in [0.2, 0.25) is 0 Å². The third-order valence-electron chi connectivity index (χ3n) is 3.90. The van der Waals surface area contributed by atoms with E-state index in [2.05, 4.69) is 27.7 Å². The molecule has 1 aliphatic rings. The molecule has 0 aromatic rings. The SMILES string of the molecule is CC(C)CN(CC(C)C)C(=O)CC1(CN)CCC1. The minimum Gasteiger partial charge on any atom is -0.342 e. The van der Waals surface area contributed by atoms with Gasteiger partial charge in [-0.15, -0.1) is 0 Å². The van der Waals surface area contributed by atoms with E-state index in [9.17, 15) is 4.79 Å². The van der Waals surface area contributed by atoms with Crippen LogP contribution in [-0.4, -0.2) is 30.4 Å². The third kappa shape index (κ3) is 4.27.